The van der Waals surface area contributed by atoms with Gasteiger partial charge in [-0.15, -0.1) is 0 Å². The lowest BCUT2D eigenvalue weighted by atomic mass is 10.1. The number of urea groups is 1. The molecule has 0 heterocycles. The second kappa shape index (κ2) is 10.6. The van der Waals surface area contributed by atoms with Gasteiger partial charge >= 0.3 is 6.03 Å². The van der Waals surface area contributed by atoms with Gasteiger partial charge in [0.1, 0.15) is 5.82 Å². The van der Waals surface area contributed by atoms with E-state index in [0.29, 0.717) is 17.8 Å². The number of benzene rings is 4. The van der Waals surface area contributed by atoms with Crippen molar-refractivity contribution in [1.29, 1.82) is 0 Å². The molecule has 0 radical (unpaired) electrons. The van der Waals surface area contributed by atoms with Gasteiger partial charge in [0.15, 0.2) is 0 Å². The van der Waals surface area contributed by atoms with E-state index < -0.39 is 15.8 Å². The zero-order valence-electron chi connectivity index (χ0n) is 19.2. The summed E-state index contributed by atoms with van der Waals surface area (Å²) in [5.74, 6) is -0.453. The first-order valence-corrected chi connectivity index (χ1v) is 12.7. The Bertz CT molecular complexity index is 1440. The van der Waals surface area contributed by atoms with E-state index >= 15 is 0 Å². The Morgan fingerprint density at radius 2 is 1.63 bits per heavy atom. The van der Waals surface area contributed by atoms with Gasteiger partial charge in [-0.05, 0) is 78.2 Å². The zero-order valence-corrected chi connectivity index (χ0v) is 20.1. The molecule has 0 unspecified atom stereocenters. The Morgan fingerprint density at radius 3 is 2.37 bits per heavy atom. The average molecular weight is 492 g/mol. The summed E-state index contributed by atoms with van der Waals surface area (Å²) in [6.45, 7) is 2.29. The zero-order chi connectivity index (χ0) is 24.8. The number of sulfonamides is 1. The molecule has 0 atom stereocenters. The lowest BCUT2D eigenvalue weighted by molar-refractivity contribution is 0.252. The van der Waals surface area contributed by atoms with E-state index in [9.17, 15) is 17.6 Å². The Morgan fingerprint density at radius 1 is 0.886 bits per heavy atom. The Labute approximate surface area is 204 Å². The number of fused-ring (bicyclic) bond motifs is 1. The van der Waals surface area contributed by atoms with E-state index in [-0.39, 0.29) is 24.0 Å². The molecule has 0 saturated heterocycles. The minimum absolute atomic E-state index is 0.103. The van der Waals surface area contributed by atoms with Crippen molar-refractivity contribution in [2.75, 3.05) is 22.7 Å². The van der Waals surface area contributed by atoms with Crippen molar-refractivity contribution in [3.63, 3.8) is 0 Å². The number of hydrogen-bond donors (Lipinski definition) is 2. The van der Waals surface area contributed by atoms with Crippen molar-refractivity contribution >= 4 is 38.2 Å². The van der Waals surface area contributed by atoms with E-state index in [1.165, 1.54) is 28.6 Å². The quantitative estimate of drug-likeness (QED) is 0.311. The molecule has 0 aromatic heterocycles. The van der Waals surface area contributed by atoms with E-state index in [1.54, 1.807) is 24.3 Å². The van der Waals surface area contributed by atoms with Crippen molar-refractivity contribution in [3.8, 4) is 0 Å². The summed E-state index contributed by atoms with van der Waals surface area (Å²) in [5, 5.41) is 7.25. The number of halogens is 1. The summed E-state index contributed by atoms with van der Waals surface area (Å²) in [7, 11) is -3.93. The lowest BCUT2D eigenvalue weighted by Crippen LogP contribution is -2.35. The van der Waals surface area contributed by atoms with E-state index in [1.807, 2.05) is 49.4 Å². The van der Waals surface area contributed by atoms with Crippen LogP contribution in [0.2, 0.25) is 0 Å². The molecular formula is C27H26FN3O3S. The first-order chi connectivity index (χ1) is 16.8. The standard InChI is InChI=1S/C27H26FN3O3S/c1-20-6-4-9-24(18-20)30-27(32)29-16-5-17-31(25-13-11-23(28)12-14-25)35(33,34)26-15-10-21-7-2-3-8-22(21)19-26/h2-4,6-15,18-19H,5,16-17H2,1H3,(H2,29,30,32). The molecule has 35 heavy (non-hydrogen) atoms. The molecular weight excluding hydrogens is 465 g/mol. The third-order valence-corrected chi connectivity index (χ3v) is 7.35. The van der Waals surface area contributed by atoms with Crippen LogP contribution in [0.1, 0.15) is 12.0 Å². The van der Waals surface area contributed by atoms with E-state index in [4.69, 9.17) is 0 Å². The number of amides is 2. The first kappa shape index (κ1) is 24.2. The summed E-state index contributed by atoms with van der Waals surface area (Å²) < 4.78 is 42.0. The molecule has 6 nitrogen and oxygen atoms in total. The van der Waals surface area contributed by atoms with Crippen LogP contribution in [0.3, 0.4) is 0 Å². The number of rotatable bonds is 8. The summed E-state index contributed by atoms with van der Waals surface area (Å²) in [5.41, 5.74) is 2.05. The van der Waals surface area contributed by atoms with Gasteiger partial charge in [-0.1, -0.05) is 42.5 Å². The van der Waals surface area contributed by atoms with Gasteiger partial charge in [-0.2, -0.15) is 0 Å². The summed E-state index contributed by atoms with van der Waals surface area (Å²) in [6, 6.07) is 24.9. The lowest BCUT2D eigenvalue weighted by Gasteiger charge is -2.25. The summed E-state index contributed by atoms with van der Waals surface area (Å²) >= 11 is 0. The van der Waals surface area contributed by atoms with Gasteiger partial charge in [0.25, 0.3) is 10.0 Å². The second-order valence-corrected chi connectivity index (χ2v) is 10.0. The largest absolute Gasteiger partial charge is 0.338 e. The molecule has 4 aromatic carbocycles. The first-order valence-electron chi connectivity index (χ1n) is 11.2. The second-order valence-electron chi connectivity index (χ2n) is 8.17. The molecule has 0 aliphatic carbocycles. The molecule has 0 bridgehead atoms. The number of hydrogen-bond acceptors (Lipinski definition) is 3. The normalized spacial score (nSPS) is 11.3. The Kier molecular flexibility index (Phi) is 7.31. The van der Waals surface area contributed by atoms with Crippen LogP contribution >= 0.6 is 0 Å². The highest BCUT2D eigenvalue weighted by molar-refractivity contribution is 7.92. The number of carbonyl (C=O) groups is 1. The third kappa shape index (κ3) is 5.96. The van der Waals surface area contributed by atoms with Crippen molar-refractivity contribution in [2.24, 2.45) is 0 Å². The van der Waals surface area contributed by atoms with E-state index in [2.05, 4.69) is 10.6 Å². The molecule has 0 spiro atoms. The topological polar surface area (TPSA) is 78.5 Å². The molecule has 2 amide bonds. The molecule has 4 aromatic rings. The molecule has 8 heteroatoms. The number of nitrogens with one attached hydrogen (secondary N) is 2. The summed E-state index contributed by atoms with van der Waals surface area (Å²) in [6.07, 6.45) is 0.353. The van der Waals surface area contributed by atoms with Gasteiger partial charge in [-0.3, -0.25) is 4.31 Å². The van der Waals surface area contributed by atoms with Gasteiger partial charge < -0.3 is 10.6 Å². The monoisotopic (exact) mass is 491 g/mol. The fourth-order valence-corrected chi connectivity index (χ4v) is 5.31. The van der Waals surface area contributed by atoms with Crippen LogP contribution in [0.25, 0.3) is 10.8 Å². The highest BCUT2D eigenvalue weighted by atomic mass is 32.2. The highest BCUT2D eigenvalue weighted by Crippen LogP contribution is 2.27. The van der Waals surface area contributed by atoms with Crippen LogP contribution in [-0.4, -0.2) is 27.5 Å². The maximum atomic E-state index is 13.6. The minimum atomic E-state index is -3.93. The smallest absolute Gasteiger partial charge is 0.319 e. The average Bonchev–Trinajstić information content (AvgIpc) is 2.84. The molecule has 4 rings (SSSR count). The molecule has 0 saturated carbocycles. The van der Waals surface area contributed by atoms with Gasteiger partial charge in [0.05, 0.1) is 10.6 Å². The van der Waals surface area contributed by atoms with Crippen LogP contribution in [-0.2, 0) is 10.0 Å². The minimum Gasteiger partial charge on any atom is -0.338 e. The molecule has 180 valence electrons. The fraction of sp³-hybridized carbons (Fsp3) is 0.148. The van der Waals surface area contributed by atoms with Gasteiger partial charge in [-0.25, -0.2) is 17.6 Å². The number of anilines is 2. The van der Waals surface area contributed by atoms with Crippen molar-refractivity contribution in [1.82, 2.24) is 5.32 Å². The summed E-state index contributed by atoms with van der Waals surface area (Å²) in [4.78, 5) is 12.4. The fourth-order valence-electron chi connectivity index (χ4n) is 3.77. The van der Waals surface area contributed by atoms with Crippen LogP contribution in [0, 0.1) is 12.7 Å². The van der Waals surface area contributed by atoms with Crippen LogP contribution in [0.15, 0.2) is 95.9 Å². The number of carbonyl (C=O) groups excluding carboxylic acids is 1. The van der Waals surface area contributed by atoms with Gasteiger partial charge in [0.2, 0.25) is 0 Å². The Hall–Kier alpha value is -3.91. The van der Waals surface area contributed by atoms with Crippen molar-refractivity contribution in [3.05, 3.63) is 102 Å². The number of nitrogens with zero attached hydrogens (tertiary/aromatic N) is 1. The Balaban J connectivity index is 1.48. The molecule has 2 N–H and O–H groups in total. The van der Waals surface area contributed by atoms with Crippen LogP contribution in [0.4, 0.5) is 20.6 Å². The van der Waals surface area contributed by atoms with Crippen molar-refractivity contribution in [2.45, 2.75) is 18.2 Å². The van der Waals surface area contributed by atoms with E-state index in [0.717, 1.165) is 16.3 Å². The SMILES string of the molecule is Cc1cccc(NC(=O)NCCCN(c2ccc(F)cc2)S(=O)(=O)c2ccc3ccccc3c2)c1. The maximum absolute atomic E-state index is 13.6. The van der Waals surface area contributed by atoms with Crippen molar-refractivity contribution < 1.29 is 17.6 Å². The molecule has 0 aliphatic heterocycles. The third-order valence-electron chi connectivity index (χ3n) is 5.52. The molecule has 0 aliphatic rings. The molecule has 0 fully saturated rings. The predicted octanol–water partition coefficient (Wildman–Crippen LogP) is 5.69. The number of aryl methyl sites for hydroxylation is 1. The highest BCUT2D eigenvalue weighted by Gasteiger charge is 2.25. The van der Waals surface area contributed by atoms with Crippen LogP contribution < -0.4 is 14.9 Å². The predicted molar refractivity (Wildman–Crippen MR) is 138 cm³/mol. The maximum Gasteiger partial charge on any atom is 0.319 e. The van der Waals surface area contributed by atoms with Gasteiger partial charge in [0, 0.05) is 18.8 Å². The van der Waals surface area contributed by atoms with Crippen LogP contribution in [0.5, 0.6) is 0 Å².